The van der Waals surface area contributed by atoms with E-state index in [1.165, 1.54) is 0 Å². The average molecular weight is 438 g/mol. The van der Waals surface area contributed by atoms with E-state index in [4.69, 9.17) is 0 Å². The van der Waals surface area contributed by atoms with Gasteiger partial charge in [-0.05, 0) is 55.3 Å². The van der Waals surface area contributed by atoms with Crippen LogP contribution in [0.4, 0.5) is 5.69 Å². The first-order chi connectivity index (χ1) is 14.6. The molecule has 1 aliphatic rings. The number of benzene rings is 2. The molecule has 1 aromatic heterocycles. The van der Waals surface area contributed by atoms with Gasteiger partial charge in [0.25, 0.3) is 5.91 Å². The highest BCUT2D eigenvalue weighted by molar-refractivity contribution is 7.98. The molecule has 2 heterocycles. The monoisotopic (exact) mass is 437 g/mol. The van der Waals surface area contributed by atoms with Gasteiger partial charge in [-0.15, -0.1) is 23.1 Å². The lowest BCUT2D eigenvalue weighted by Gasteiger charge is -2.16. The van der Waals surface area contributed by atoms with Crippen molar-refractivity contribution in [3.63, 3.8) is 0 Å². The Morgan fingerprint density at radius 3 is 2.57 bits per heavy atom. The van der Waals surface area contributed by atoms with E-state index in [1.807, 2.05) is 60.4 Å². The Balaban J connectivity index is 1.28. The average Bonchev–Trinajstić information content (AvgIpc) is 3.39. The van der Waals surface area contributed by atoms with Crippen LogP contribution in [0.3, 0.4) is 0 Å². The lowest BCUT2D eigenvalue weighted by molar-refractivity contribution is -0.117. The van der Waals surface area contributed by atoms with Crippen LogP contribution in [-0.4, -0.2) is 23.3 Å². The molecular weight excluding hydrogens is 414 g/mol. The molecule has 0 bridgehead atoms. The molecule has 5 nitrogen and oxygen atoms in total. The van der Waals surface area contributed by atoms with Crippen molar-refractivity contribution >= 4 is 40.6 Å². The molecule has 2 amide bonds. The minimum atomic E-state index is -0.0968. The Bertz CT molecular complexity index is 1030. The number of hydrogen-bond donors (Lipinski definition) is 1. The van der Waals surface area contributed by atoms with Gasteiger partial charge in [0, 0.05) is 46.8 Å². The van der Waals surface area contributed by atoms with Crippen LogP contribution in [-0.2, 0) is 17.1 Å². The van der Waals surface area contributed by atoms with Gasteiger partial charge in [0.1, 0.15) is 0 Å². The minimum Gasteiger partial charge on any atom is -0.348 e. The van der Waals surface area contributed by atoms with Gasteiger partial charge in [0.15, 0.2) is 0 Å². The first kappa shape index (κ1) is 20.6. The Morgan fingerprint density at radius 2 is 1.93 bits per heavy atom. The Kier molecular flexibility index (Phi) is 6.50. The zero-order valence-corrected chi connectivity index (χ0v) is 18.4. The fourth-order valence-electron chi connectivity index (χ4n) is 3.33. The molecule has 0 unspecified atom stereocenters. The number of nitrogens with zero attached hydrogens (tertiary/aromatic N) is 2. The summed E-state index contributed by atoms with van der Waals surface area (Å²) in [4.78, 5) is 31.7. The van der Waals surface area contributed by atoms with E-state index >= 15 is 0 Å². The molecule has 3 aromatic rings. The van der Waals surface area contributed by atoms with E-state index in [2.05, 4.69) is 15.7 Å². The molecule has 7 heteroatoms. The second-order valence-electron chi connectivity index (χ2n) is 7.17. The van der Waals surface area contributed by atoms with Crippen molar-refractivity contribution < 1.29 is 9.59 Å². The first-order valence-electron chi connectivity index (χ1n) is 9.90. The van der Waals surface area contributed by atoms with Crippen LogP contribution < -0.4 is 10.2 Å². The summed E-state index contributed by atoms with van der Waals surface area (Å²) in [6.07, 6.45) is 1.54. The standard InChI is InChI=1S/C23H23N3O2S2/c1-16-25-19(14-29-16)15-30-21-10-6-18(7-11-21)23(28)24-13-17-4-8-20(9-5-17)26-12-2-3-22(26)27/h4-11,14H,2-3,12-13,15H2,1H3,(H,24,28). The first-order valence-corrected chi connectivity index (χ1v) is 11.8. The molecule has 154 valence electrons. The van der Waals surface area contributed by atoms with E-state index in [0.717, 1.165) is 45.6 Å². The third-order valence-electron chi connectivity index (χ3n) is 4.94. The summed E-state index contributed by atoms with van der Waals surface area (Å²) in [7, 11) is 0. The number of thiazole rings is 1. The second kappa shape index (κ2) is 9.45. The van der Waals surface area contributed by atoms with Crippen LogP contribution >= 0.6 is 23.1 Å². The largest absolute Gasteiger partial charge is 0.348 e. The Hall–Kier alpha value is -2.64. The van der Waals surface area contributed by atoms with Crippen LogP contribution in [0.15, 0.2) is 58.8 Å². The van der Waals surface area contributed by atoms with Gasteiger partial charge in [0.05, 0.1) is 10.7 Å². The molecule has 0 atom stereocenters. The van der Waals surface area contributed by atoms with E-state index in [1.54, 1.807) is 23.1 Å². The van der Waals surface area contributed by atoms with E-state index < -0.39 is 0 Å². The van der Waals surface area contributed by atoms with Crippen LogP contribution in [0, 0.1) is 6.92 Å². The van der Waals surface area contributed by atoms with Crippen molar-refractivity contribution in [2.45, 2.75) is 37.0 Å². The number of anilines is 1. The fourth-order valence-corrected chi connectivity index (χ4v) is 4.84. The maximum atomic E-state index is 12.5. The summed E-state index contributed by atoms with van der Waals surface area (Å²) in [5.41, 5.74) is 3.66. The molecule has 2 aromatic carbocycles. The van der Waals surface area contributed by atoms with Crippen molar-refractivity contribution in [3.05, 3.63) is 75.7 Å². The summed E-state index contributed by atoms with van der Waals surface area (Å²) in [5.74, 6) is 0.911. The van der Waals surface area contributed by atoms with Gasteiger partial charge in [-0.2, -0.15) is 0 Å². The molecule has 1 saturated heterocycles. The number of amides is 2. The zero-order chi connectivity index (χ0) is 20.9. The summed E-state index contributed by atoms with van der Waals surface area (Å²) < 4.78 is 0. The number of thioether (sulfide) groups is 1. The van der Waals surface area contributed by atoms with Crippen LogP contribution in [0.2, 0.25) is 0 Å². The van der Waals surface area contributed by atoms with Crippen molar-refractivity contribution in [2.75, 3.05) is 11.4 Å². The van der Waals surface area contributed by atoms with Gasteiger partial charge >= 0.3 is 0 Å². The number of carbonyl (C=O) groups is 2. The van der Waals surface area contributed by atoms with Crippen molar-refractivity contribution in [3.8, 4) is 0 Å². The number of aromatic nitrogens is 1. The Labute approximate surface area is 184 Å². The number of rotatable bonds is 7. The van der Waals surface area contributed by atoms with E-state index in [9.17, 15) is 9.59 Å². The minimum absolute atomic E-state index is 0.0968. The number of aryl methyl sites for hydroxylation is 1. The van der Waals surface area contributed by atoms with Gasteiger partial charge in [-0.3, -0.25) is 9.59 Å². The summed E-state index contributed by atoms with van der Waals surface area (Å²) in [6.45, 7) is 3.24. The maximum absolute atomic E-state index is 12.5. The van der Waals surface area contributed by atoms with Gasteiger partial charge in [-0.1, -0.05) is 12.1 Å². The lowest BCUT2D eigenvalue weighted by atomic mass is 10.1. The Morgan fingerprint density at radius 1 is 1.17 bits per heavy atom. The number of nitrogens with one attached hydrogen (secondary N) is 1. The molecule has 1 N–H and O–H groups in total. The quantitative estimate of drug-likeness (QED) is 0.539. The predicted octanol–water partition coefficient (Wildman–Crippen LogP) is 4.80. The number of hydrogen-bond acceptors (Lipinski definition) is 5. The van der Waals surface area contributed by atoms with Gasteiger partial charge in [0.2, 0.25) is 5.91 Å². The smallest absolute Gasteiger partial charge is 0.251 e. The van der Waals surface area contributed by atoms with Gasteiger partial charge in [-0.25, -0.2) is 4.98 Å². The van der Waals surface area contributed by atoms with Crippen LogP contribution in [0.25, 0.3) is 0 Å². The van der Waals surface area contributed by atoms with Crippen LogP contribution in [0.5, 0.6) is 0 Å². The zero-order valence-electron chi connectivity index (χ0n) is 16.8. The third kappa shape index (κ3) is 5.09. The summed E-state index contributed by atoms with van der Waals surface area (Å²) in [5, 5.41) is 6.12. The highest BCUT2D eigenvalue weighted by atomic mass is 32.2. The molecule has 0 saturated carbocycles. The van der Waals surface area contributed by atoms with Crippen molar-refractivity contribution in [1.82, 2.24) is 10.3 Å². The van der Waals surface area contributed by atoms with Crippen LogP contribution in [0.1, 0.15) is 39.5 Å². The lowest BCUT2D eigenvalue weighted by Crippen LogP contribution is -2.24. The SMILES string of the molecule is Cc1nc(CSc2ccc(C(=O)NCc3ccc(N4CCCC4=O)cc3)cc2)cs1. The van der Waals surface area contributed by atoms with Crippen molar-refractivity contribution in [1.29, 1.82) is 0 Å². The number of carbonyl (C=O) groups excluding carboxylic acids is 2. The third-order valence-corrected chi connectivity index (χ3v) is 6.81. The molecule has 4 rings (SSSR count). The molecule has 30 heavy (non-hydrogen) atoms. The fraction of sp³-hybridized carbons (Fsp3) is 0.261. The molecular formula is C23H23N3O2S2. The maximum Gasteiger partial charge on any atom is 0.251 e. The van der Waals surface area contributed by atoms with E-state index in [0.29, 0.717) is 18.5 Å². The highest BCUT2D eigenvalue weighted by Gasteiger charge is 2.21. The van der Waals surface area contributed by atoms with Crippen molar-refractivity contribution in [2.24, 2.45) is 0 Å². The second-order valence-corrected chi connectivity index (χ2v) is 9.28. The molecule has 0 radical (unpaired) electrons. The highest BCUT2D eigenvalue weighted by Crippen LogP contribution is 2.24. The predicted molar refractivity (Wildman–Crippen MR) is 122 cm³/mol. The summed E-state index contributed by atoms with van der Waals surface area (Å²) in [6, 6.07) is 15.5. The topological polar surface area (TPSA) is 62.3 Å². The molecule has 0 spiro atoms. The normalized spacial score (nSPS) is 13.6. The summed E-state index contributed by atoms with van der Waals surface area (Å²) >= 11 is 3.38. The molecule has 1 fully saturated rings. The molecule has 0 aliphatic carbocycles. The van der Waals surface area contributed by atoms with Gasteiger partial charge < -0.3 is 10.2 Å². The molecule has 1 aliphatic heterocycles. The van der Waals surface area contributed by atoms with E-state index in [-0.39, 0.29) is 11.8 Å².